The van der Waals surface area contributed by atoms with Crippen LogP contribution in [0.5, 0.6) is 0 Å². The largest absolute Gasteiger partial charge is 0.381 e. The zero-order chi connectivity index (χ0) is 12.8. The summed E-state index contributed by atoms with van der Waals surface area (Å²) in [6.45, 7) is 0.623. The molecule has 19 heavy (non-hydrogen) atoms. The third-order valence-electron chi connectivity index (χ3n) is 3.49. The summed E-state index contributed by atoms with van der Waals surface area (Å²) in [6, 6.07) is 5.96. The highest BCUT2D eigenvalue weighted by Gasteiger charge is 2.30. The minimum Gasteiger partial charge on any atom is -0.381 e. The summed E-state index contributed by atoms with van der Waals surface area (Å²) in [5, 5.41) is 8.12. The first-order valence-corrected chi connectivity index (χ1v) is 6.43. The zero-order valence-electron chi connectivity index (χ0n) is 10.4. The predicted molar refractivity (Wildman–Crippen MR) is 70.7 cm³/mol. The Balaban J connectivity index is 1.70. The van der Waals surface area contributed by atoms with Gasteiger partial charge in [-0.3, -0.25) is 0 Å². The molecule has 1 saturated carbocycles. The van der Waals surface area contributed by atoms with Crippen LogP contribution in [0.25, 0.3) is 5.65 Å². The SMILES string of the molecule is Nc1nnn(Cc2cn3ccccc3n2)c1C1CC1. The van der Waals surface area contributed by atoms with Crippen LogP contribution in [0.3, 0.4) is 0 Å². The van der Waals surface area contributed by atoms with E-state index in [0.29, 0.717) is 18.3 Å². The lowest BCUT2D eigenvalue weighted by Gasteiger charge is -2.02. The number of nitrogens with zero attached hydrogens (tertiary/aromatic N) is 5. The third kappa shape index (κ3) is 1.76. The summed E-state index contributed by atoms with van der Waals surface area (Å²) in [7, 11) is 0. The molecule has 0 aliphatic heterocycles. The fourth-order valence-corrected chi connectivity index (χ4v) is 2.44. The number of anilines is 1. The molecule has 0 bridgehead atoms. The summed E-state index contributed by atoms with van der Waals surface area (Å²) in [5.74, 6) is 1.10. The number of nitrogen functional groups attached to an aromatic ring is 1. The Morgan fingerprint density at radius 1 is 1.32 bits per heavy atom. The molecule has 0 radical (unpaired) electrons. The third-order valence-corrected chi connectivity index (χ3v) is 3.49. The standard InChI is InChI=1S/C13H14N6/c14-13-12(9-4-5-9)19(17-16-13)8-10-7-18-6-2-1-3-11(18)15-10/h1-3,6-7,9H,4-5,8,14H2. The quantitative estimate of drug-likeness (QED) is 0.767. The first-order chi connectivity index (χ1) is 9.31. The van der Waals surface area contributed by atoms with Gasteiger partial charge in [-0.25, -0.2) is 9.67 Å². The van der Waals surface area contributed by atoms with E-state index in [1.165, 1.54) is 12.8 Å². The first-order valence-electron chi connectivity index (χ1n) is 6.43. The number of pyridine rings is 1. The van der Waals surface area contributed by atoms with E-state index in [1.54, 1.807) is 0 Å². The van der Waals surface area contributed by atoms with E-state index >= 15 is 0 Å². The van der Waals surface area contributed by atoms with E-state index < -0.39 is 0 Å². The maximum Gasteiger partial charge on any atom is 0.169 e. The fraction of sp³-hybridized carbons (Fsp3) is 0.308. The highest BCUT2D eigenvalue weighted by atomic mass is 15.4. The van der Waals surface area contributed by atoms with E-state index in [9.17, 15) is 0 Å². The van der Waals surface area contributed by atoms with Crippen LogP contribution < -0.4 is 5.73 Å². The van der Waals surface area contributed by atoms with Gasteiger partial charge in [0.2, 0.25) is 0 Å². The van der Waals surface area contributed by atoms with Crippen LogP contribution in [0.1, 0.15) is 30.1 Å². The molecule has 6 heteroatoms. The summed E-state index contributed by atoms with van der Waals surface area (Å²) >= 11 is 0. The number of nitrogens with two attached hydrogens (primary N) is 1. The Hall–Kier alpha value is -2.37. The predicted octanol–water partition coefficient (Wildman–Crippen LogP) is 1.43. The van der Waals surface area contributed by atoms with E-state index in [4.69, 9.17) is 5.73 Å². The van der Waals surface area contributed by atoms with Gasteiger partial charge >= 0.3 is 0 Å². The number of aromatic nitrogens is 5. The molecule has 0 amide bonds. The van der Waals surface area contributed by atoms with Crippen LogP contribution in [0, 0.1) is 0 Å². The topological polar surface area (TPSA) is 74.0 Å². The van der Waals surface area contributed by atoms with Gasteiger partial charge in [-0.2, -0.15) is 0 Å². The van der Waals surface area contributed by atoms with Crippen molar-refractivity contribution in [2.75, 3.05) is 5.73 Å². The lowest BCUT2D eigenvalue weighted by Crippen LogP contribution is -2.06. The van der Waals surface area contributed by atoms with Gasteiger partial charge in [-0.05, 0) is 25.0 Å². The molecular weight excluding hydrogens is 240 g/mol. The van der Waals surface area contributed by atoms with Crippen LogP contribution in [0.2, 0.25) is 0 Å². The monoisotopic (exact) mass is 254 g/mol. The van der Waals surface area contributed by atoms with Gasteiger partial charge < -0.3 is 10.1 Å². The molecule has 6 nitrogen and oxygen atoms in total. The van der Waals surface area contributed by atoms with Gasteiger partial charge in [0.05, 0.1) is 17.9 Å². The number of imidazole rings is 1. The van der Waals surface area contributed by atoms with E-state index in [1.807, 2.05) is 39.7 Å². The van der Waals surface area contributed by atoms with Crippen molar-refractivity contribution >= 4 is 11.5 Å². The van der Waals surface area contributed by atoms with Crippen molar-refractivity contribution in [2.24, 2.45) is 0 Å². The normalized spacial score (nSPS) is 15.2. The van der Waals surface area contributed by atoms with Gasteiger partial charge in [-0.1, -0.05) is 11.3 Å². The molecule has 1 fully saturated rings. The maximum absolute atomic E-state index is 5.89. The molecule has 4 rings (SSSR count). The second kappa shape index (κ2) is 3.81. The highest BCUT2D eigenvalue weighted by molar-refractivity contribution is 5.41. The molecule has 3 aromatic rings. The molecule has 3 heterocycles. The minimum atomic E-state index is 0.534. The maximum atomic E-state index is 5.89. The molecule has 3 aromatic heterocycles. The molecule has 0 spiro atoms. The van der Waals surface area contributed by atoms with Gasteiger partial charge in [0, 0.05) is 18.3 Å². The minimum absolute atomic E-state index is 0.534. The van der Waals surface area contributed by atoms with Crippen LogP contribution in [-0.2, 0) is 6.54 Å². The molecule has 0 aromatic carbocycles. The summed E-state index contributed by atoms with van der Waals surface area (Å²) < 4.78 is 3.89. The Morgan fingerprint density at radius 3 is 3.00 bits per heavy atom. The highest BCUT2D eigenvalue weighted by Crippen LogP contribution is 2.42. The molecule has 2 N–H and O–H groups in total. The van der Waals surface area contributed by atoms with Gasteiger partial charge in [0.25, 0.3) is 0 Å². The number of rotatable bonds is 3. The fourth-order valence-electron chi connectivity index (χ4n) is 2.44. The Morgan fingerprint density at radius 2 is 2.21 bits per heavy atom. The van der Waals surface area contributed by atoms with Crippen molar-refractivity contribution in [2.45, 2.75) is 25.3 Å². The van der Waals surface area contributed by atoms with E-state index in [-0.39, 0.29) is 0 Å². The lowest BCUT2D eigenvalue weighted by molar-refractivity contribution is 0.612. The van der Waals surface area contributed by atoms with Gasteiger partial charge in [-0.15, -0.1) is 5.10 Å². The Kier molecular flexibility index (Phi) is 2.11. The second-order valence-corrected chi connectivity index (χ2v) is 4.99. The smallest absolute Gasteiger partial charge is 0.169 e. The zero-order valence-corrected chi connectivity index (χ0v) is 10.4. The molecule has 0 atom stereocenters. The molecule has 1 aliphatic carbocycles. The molecule has 0 saturated heterocycles. The summed E-state index contributed by atoms with van der Waals surface area (Å²) in [4.78, 5) is 4.57. The van der Waals surface area contributed by atoms with Crippen LogP contribution >= 0.6 is 0 Å². The Bertz CT molecular complexity index is 704. The van der Waals surface area contributed by atoms with Crippen molar-refractivity contribution < 1.29 is 0 Å². The second-order valence-electron chi connectivity index (χ2n) is 4.99. The molecule has 1 aliphatic rings. The Labute approximate surface area is 109 Å². The van der Waals surface area contributed by atoms with Crippen molar-refractivity contribution in [1.29, 1.82) is 0 Å². The van der Waals surface area contributed by atoms with Crippen molar-refractivity contribution in [3.05, 3.63) is 42.0 Å². The van der Waals surface area contributed by atoms with Crippen LogP contribution in [0.15, 0.2) is 30.6 Å². The van der Waals surface area contributed by atoms with E-state index in [0.717, 1.165) is 17.0 Å². The first kappa shape index (κ1) is 10.5. The van der Waals surface area contributed by atoms with E-state index in [2.05, 4.69) is 15.3 Å². The summed E-state index contributed by atoms with van der Waals surface area (Å²) in [5.41, 5.74) is 8.87. The number of fused-ring (bicyclic) bond motifs is 1. The average Bonchev–Trinajstić information content (AvgIpc) is 3.05. The van der Waals surface area contributed by atoms with Crippen molar-refractivity contribution in [1.82, 2.24) is 24.4 Å². The number of hydrogen-bond acceptors (Lipinski definition) is 4. The van der Waals surface area contributed by atoms with Gasteiger partial charge in [0.1, 0.15) is 5.65 Å². The molecular formula is C13H14N6. The van der Waals surface area contributed by atoms with Crippen molar-refractivity contribution in [3.8, 4) is 0 Å². The summed E-state index contributed by atoms with van der Waals surface area (Å²) in [6.07, 6.45) is 6.37. The molecule has 96 valence electrons. The number of hydrogen-bond donors (Lipinski definition) is 1. The van der Waals surface area contributed by atoms with Gasteiger partial charge in [0.15, 0.2) is 5.82 Å². The van der Waals surface area contributed by atoms with Crippen LogP contribution in [-0.4, -0.2) is 24.4 Å². The average molecular weight is 254 g/mol. The lowest BCUT2D eigenvalue weighted by atomic mass is 10.3. The van der Waals surface area contributed by atoms with Crippen LogP contribution in [0.4, 0.5) is 5.82 Å². The van der Waals surface area contributed by atoms with Crippen molar-refractivity contribution in [3.63, 3.8) is 0 Å². The molecule has 0 unspecified atom stereocenters.